The minimum Gasteiger partial charge on any atom is -0.497 e. The zero-order valence-electron chi connectivity index (χ0n) is 16.6. The van der Waals surface area contributed by atoms with Crippen molar-refractivity contribution >= 4 is 17.8 Å². The number of hydrogen-bond acceptors (Lipinski definition) is 4. The molecule has 0 bridgehead atoms. The van der Waals surface area contributed by atoms with Crippen LogP contribution < -0.4 is 15.1 Å². The molecule has 3 rings (SSSR count). The molecule has 0 spiro atoms. The normalized spacial score (nSPS) is 18.3. The van der Waals surface area contributed by atoms with E-state index in [-0.39, 0.29) is 11.4 Å². The Morgan fingerprint density at radius 1 is 1.26 bits per heavy atom. The fraction of sp³-hybridized carbons (Fsp3) is 0.364. The Balaban J connectivity index is 1.71. The first-order valence-corrected chi connectivity index (χ1v) is 9.17. The van der Waals surface area contributed by atoms with Gasteiger partial charge in [0.25, 0.3) is 5.91 Å². The van der Waals surface area contributed by atoms with Crippen LogP contribution in [0.5, 0.6) is 5.75 Å². The van der Waals surface area contributed by atoms with Crippen LogP contribution in [0.1, 0.15) is 54.6 Å². The first-order valence-electron chi connectivity index (χ1n) is 9.17. The van der Waals surface area contributed by atoms with Gasteiger partial charge in [-0.3, -0.25) is 4.79 Å². The molecule has 0 radical (unpaired) electrons. The number of benzene rings is 2. The van der Waals surface area contributed by atoms with Crippen molar-refractivity contribution in [3.63, 3.8) is 0 Å². The summed E-state index contributed by atoms with van der Waals surface area (Å²) in [6, 6.07) is 13.3. The van der Waals surface area contributed by atoms with Gasteiger partial charge in [-0.05, 0) is 73.7 Å². The quantitative estimate of drug-likeness (QED) is 0.653. The monoisotopic (exact) mass is 365 g/mol. The van der Waals surface area contributed by atoms with E-state index in [0.717, 1.165) is 12.0 Å². The Morgan fingerprint density at radius 2 is 1.96 bits per heavy atom. The highest BCUT2D eigenvalue weighted by molar-refractivity contribution is 5.95. The minimum atomic E-state index is -0.248. The second-order valence-electron chi connectivity index (χ2n) is 7.72. The van der Waals surface area contributed by atoms with Crippen molar-refractivity contribution in [2.75, 3.05) is 19.1 Å². The van der Waals surface area contributed by atoms with Gasteiger partial charge in [0, 0.05) is 23.8 Å². The van der Waals surface area contributed by atoms with Gasteiger partial charge in [-0.15, -0.1) is 0 Å². The third-order valence-electron chi connectivity index (χ3n) is 5.39. The number of hydrazone groups is 1. The number of fused-ring (bicyclic) bond motifs is 1. The van der Waals surface area contributed by atoms with Gasteiger partial charge >= 0.3 is 0 Å². The maximum atomic E-state index is 12.2. The molecule has 142 valence electrons. The number of nitrogens with one attached hydrogen (secondary N) is 1. The van der Waals surface area contributed by atoms with Crippen molar-refractivity contribution in [2.45, 2.75) is 38.6 Å². The zero-order valence-corrected chi connectivity index (χ0v) is 16.6. The van der Waals surface area contributed by atoms with Crippen molar-refractivity contribution in [3.8, 4) is 5.75 Å². The van der Waals surface area contributed by atoms with Gasteiger partial charge in [-0.25, -0.2) is 5.43 Å². The summed E-state index contributed by atoms with van der Waals surface area (Å²) >= 11 is 0. The van der Waals surface area contributed by atoms with Crippen LogP contribution in [0.4, 0.5) is 5.69 Å². The molecule has 1 N–H and O–H groups in total. The van der Waals surface area contributed by atoms with E-state index >= 15 is 0 Å². The van der Waals surface area contributed by atoms with Crippen molar-refractivity contribution < 1.29 is 9.53 Å². The Kier molecular flexibility index (Phi) is 5.22. The lowest BCUT2D eigenvalue weighted by Crippen LogP contribution is -2.45. The van der Waals surface area contributed by atoms with Crippen molar-refractivity contribution in [3.05, 3.63) is 59.2 Å². The molecule has 0 unspecified atom stereocenters. The summed E-state index contributed by atoms with van der Waals surface area (Å²) in [6.07, 6.45) is 2.79. The maximum absolute atomic E-state index is 12.2. The first-order chi connectivity index (χ1) is 12.8. The number of rotatable bonds is 4. The van der Waals surface area contributed by atoms with Crippen LogP contribution in [-0.2, 0) is 0 Å². The largest absolute Gasteiger partial charge is 0.497 e. The summed E-state index contributed by atoms with van der Waals surface area (Å²) in [5.41, 5.74) is 6.82. The van der Waals surface area contributed by atoms with Crippen LogP contribution in [0.25, 0.3) is 0 Å². The average Bonchev–Trinajstić information content (AvgIpc) is 2.66. The third-order valence-corrected chi connectivity index (χ3v) is 5.39. The standard InChI is InChI=1S/C22H27N3O2/c1-15-13-22(2,3)25(4)20-11-6-16(12-19(15)20)14-23-24-21(26)17-7-9-18(27-5)10-8-17/h6-12,14-15H,13H2,1-5H3,(H,24,26)/b23-14-/t15-/m0/s1. The minimum absolute atomic E-state index is 0.147. The fourth-order valence-corrected chi connectivity index (χ4v) is 3.65. The molecule has 1 heterocycles. The van der Waals surface area contributed by atoms with Gasteiger partial charge in [0.05, 0.1) is 13.3 Å². The summed E-state index contributed by atoms with van der Waals surface area (Å²) < 4.78 is 5.10. The van der Waals surface area contributed by atoms with Gasteiger partial charge in [-0.1, -0.05) is 13.0 Å². The molecular weight excluding hydrogens is 338 g/mol. The van der Waals surface area contributed by atoms with Crippen LogP contribution in [0.2, 0.25) is 0 Å². The summed E-state index contributed by atoms with van der Waals surface area (Å²) in [4.78, 5) is 14.5. The van der Waals surface area contributed by atoms with Crippen LogP contribution in [0.15, 0.2) is 47.6 Å². The van der Waals surface area contributed by atoms with Crippen molar-refractivity contribution in [1.29, 1.82) is 0 Å². The lowest BCUT2D eigenvalue weighted by Gasteiger charge is -2.45. The van der Waals surface area contributed by atoms with Crippen LogP contribution >= 0.6 is 0 Å². The number of amides is 1. The molecule has 5 nitrogen and oxygen atoms in total. The molecule has 2 aromatic carbocycles. The number of carbonyl (C=O) groups excluding carboxylic acids is 1. The first kappa shape index (κ1) is 19.0. The zero-order chi connectivity index (χ0) is 19.6. The summed E-state index contributed by atoms with van der Waals surface area (Å²) in [7, 11) is 3.74. The number of nitrogens with zero attached hydrogens (tertiary/aromatic N) is 2. The molecule has 1 aliphatic rings. The molecule has 0 fully saturated rings. The average molecular weight is 365 g/mol. The van der Waals surface area contributed by atoms with E-state index in [0.29, 0.717) is 17.2 Å². The van der Waals surface area contributed by atoms with Crippen molar-refractivity contribution in [1.82, 2.24) is 5.43 Å². The Morgan fingerprint density at radius 3 is 2.63 bits per heavy atom. The number of anilines is 1. The predicted molar refractivity (Wildman–Crippen MR) is 110 cm³/mol. The van der Waals surface area contributed by atoms with Gasteiger partial charge in [0.1, 0.15) is 5.75 Å². The predicted octanol–water partition coefficient (Wildman–Crippen LogP) is 4.18. The Labute approximate surface area is 161 Å². The molecule has 0 saturated heterocycles. The molecule has 1 atom stereocenters. The van der Waals surface area contributed by atoms with Gasteiger partial charge in [-0.2, -0.15) is 5.10 Å². The summed E-state index contributed by atoms with van der Waals surface area (Å²) in [5, 5.41) is 4.11. The van der Waals surface area contributed by atoms with Crippen LogP contribution in [0, 0.1) is 0 Å². The number of ether oxygens (including phenoxy) is 1. The van der Waals surface area contributed by atoms with Crippen LogP contribution in [-0.4, -0.2) is 31.8 Å². The molecule has 5 heteroatoms. The highest BCUT2D eigenvalue weighted by atomic mass is 16.5. The molecule has 27 heavy (non-hydrogen) atoms. The van der Waals surface area contributed by atoms with E-state index in [4.69, 9.17) is 4.74 Å². The number of carbonyl (C=O) groups is 1. The molecule has 1 amide bonds. The van der Waals surface area contributed by atoms with Crippen LogP contribution in [0.3, 0.4) is 0 Å². The smallest absolute Gasteiger partial charge is 0.271 e. The highest BCUT2D eigenvalue weighted by Crippen LogP contribution is 2.42. The second kappa shape index (κ2) is 7.43. The maximum Gasteiger partial charge on any atom is 0.271 e. The Bertz CT molecular complexity index is 856. The van der Waals surface area contributed by atoms with Gasteiger partial charge in [0.2, 0.25) is 0 Å². The van der Waals surface area contributed by atoms with E-state index in [9.17, 15) is 4.79 Å². The summed E-state index contributed by atoms with van der Waals surface area (Å²) in [6.45, 7) is 6.81. The van der Waals surface area contributed by atoms with E-state index in [1.807, 2.05) is 6.07 Å². The topological polar surface area (TPSA) is 53.9 Å². The van der Waals surface area contributed by atoms with E-state index in [2.05, 4.69) is 55.4 Å². The number of hydrogen-bond donors (Lipinski definition) is 1. The SMILES string of the molecule is COc1ccc(C(=O)N/N=C\c2ccc3c(c2)[C@@H](C)CC(C)(C)N3C)cc1. The van der Waals surface area contributed by atoms with E-state index in [1.165, 1.54) is 11.3 Å². The summed E-state index contributed by atoms with van der Waals surface area (Å²) in [5.74, 6) is 0.946. The number of methoxy groups -OCH3 is 1. The Hall–Kier alpha value is -2.82. The molecule has 1 aliphatic heterocycles. The lowest BCUT2D eigenvalue weighted by atomic mass is 9.80. The molecule has 2 aromatic rings. The van der Waals surface area contributed by atoms with E-state index < -0.39 is 0 Å². The molecule has 0 aliphatic carbocycles. The molecule has 0 aromatic heterocycles. The fourth-order valence-electron chi connectivity index (χ4n) is 3.65. The lowest BCUT2D eigenvalue weighted by molar-refractivity contribution is 0.0955. The van der Waals surface area contributed by atoms with Gasteiger partial charge in [0.15, 0.2) is 0 Å². The molecular formula is C22H27N3O2. The van der Waals surface area contributed by atoms with E-state index in [1.54, 1.807) is 37.6 Å². The third kappa shape index (κ3) is 3.97. The van der Waals surface area contributed by atoms with Crippen molar-refractivity contribution in [2.24, 2.45) is 5.10 Å². The second-order valence-corrected chi connectivity index (χ2v) is 7.72. The molecule has 0 saturated carbocycles. The highest BCUT2D eigenvalue weighted by Gasteiger charge is 2.33. The van der Waals surface area contributed by atoms with Gasteiger partial charge < -0.3 is 9.64 Å².